The maximum Gasteiger partial charge on any atom is 0.195 e. The Labute approximate surface area is 188 Å². The van der Waals surface area contributed by atoms with Gasteiger partial charge in [0.2, 0.25) is 0 Å². The number of fused-ring (bicyclic) bond motifs is 1. The fraction of sp³-hybridized carbons (Fsp3) is 0.333. The molecule has 0 aliphatic rings. The predicted octanol–water partition coefficient (Wildman–Crippen LogP) is 4.06. The van der Waals surface area contributed by atoms with Crippen molar-refractivity contribution in [1.82, 2.24) is 14.9 Å². The Morgan fingerprint density at radius 3 is 2.69 bits per heavy atom. The van der Waals surface area contributed by atoms with E-state index in [0.717, 1.165) is 41.4 Å². The largest absolute Gasteiger partial charge is 0.493 e. The third-order valence-electron chi connectivity index (χ3n) is 4.42. The number of guanidine groups is 1. The van der Waals surface area contributed by atoms with Gasteiger partial charge in [-0.3, -0.25) is 4.99 Å². The summed E-state index contributed by atoms with van der Waals surface area (Å²) in [5.74, 6) is 3.10. The molecule has 0 bridgehead atoms. The van der Waals surface area contributed by atoms with Gasteiger partial charge in [0.15, 0.2) is 17.5 Å². The molecule has 3 aromatic rings. The van der Waals surface area contributed by atoms with Crippen molar-refractivity contribution in [2.24, 2.45) is 4.99 Å². The third-order valence-corrected chi connectivity index (χ3v) is 4.42. The molecule has 156 valence electrons. The van der Waals surface area contributed by atoms with Gasteiger partial charge in [-0.15, -0.1) is 24.0 Å². The molecule has 8 heteroatoms. The van der Waals surface area contributed by atoms with Crippen molar-refractivity contribution in [1.29, 1.82) is 0 Å². The summed E-state index contributed by atoms with van der Waals surface area (Å²) in [5.41, 5.74) is 3.03. The molecule has 0 atom stereocenters. The highest BCUT2D eigenvalue weighted by Gasteiger charge is 2.08. The van der Waals surface area contributed by atoms with Crippen molar-refractivity contribution in [3.63, 3.8) is 0 Å². The summed E-state index contributed by atoms with van der Waals surface area (Å²) in [5, 5.41) is 6.63. The second kappa shape index (κ2) is 10.9. The lowest BCUT2D eigenvalue weighted by atomic mass is 10.2. The second-order valence-electron chi connectivity index (χ2n) is 6.22. The number of methoxy groups -OCH3 is 1. The van der Waals surface area contributed by atoms with Crippen LogP contribution in [0, 0.1) is 6.92 Å². The molecule has 1 aromatic heterocycles. The lowest BCUT2D eigenvalue weighted by Crippen LogP contribution is -2.33. The minimum atomic E-state index is 0. The molecule has 2 N–H and O–H groups in total. The zero-order chi connectivity index (χ0) is 19.9. The van der Waals surface area contributed by atoms with Crippen LogP contribution in [0.15, 0.2) is 47.5 Å². The van der Waals surface area contributed by atoms with E-state index in [1.54, 1.807) is 14.2 Å². The lowest BCUT2D eigenvalue weighted by molar-refractivity contribution is 0.311. The van der Waals surface area contributed by atoms with Crippen LogP contribution in [0.2, 0.25) is 0 Å². The monoisotopic (exact) mass is 509 g/mol. The Balaban J connectivity index is 0.00000300. The minimum Gasteiger partial charge on any atom is -0.493 e. The molecular weight excluding hydrogens is 481 g/mol. The average Bonchev–Trinajstić information content (AvgIpc) is 3.03. The summed E-state index contributed by atoms with van der Waals surface area (Å²) in [4.78, 5) is 8.90. The molecule has 0 aliphatic carbocycles. The molecule has 0 aliphatic heterocycles. The first-order chi connectivity index (χ1) is 13.7. The fourth-order valence-electron chi connectivity index (χ4n) is 3.10. The number of aliphatic imine (C=N–C) groups is 1. The standard InChI is InChI=1S/C21H27N5O2.HI/c1-5-28-19-11-10-16(14-20(19)27-4)25-21(22-3)23-12-13-26-15(2)24-17-8-6-7-9-18(17)26;/h6-11,14H,5,12-13H2,1-4H3,(H2,22,23,25);1H. The Bertz CT molecular complexity index is 971. The number of rotatable bonds is 7. The van der Waals surface area contributed by atoms with E-state index >= 15 is 0 Å². The highest BCUT2D eigenvalue weighted by Crippen LogP contribution is 2.30. The number of hydrogen-bond acceptors (Lipinski definition) is 4. The Morgan fingerprint density at radius 1 is 1.17 bits per heavy atom. The fourth-order valence-corrected chi connectivity index (χ4v) is 3.10. The third kappa shape index (κ3) is 5.53. The Hall–Kier alpha value is -2.49. The summed E-state index contributed by atoms with van der Waals surface area (Å²) in [7, 11) is 3.38. The first kappa shape index (κ1) is 22.8. The van der Waals surface area contributed by atoms with Crippen LogP contribution in [0.1, 0.15) is 12.7 Å². The number of aryl methyl sites for hydroxylation is 1. The van der Waals surface area contributed by atoms with Gasteiger partial charge < -0.3 is 24.7 Å². The van der Waals surface area contributed by atoms with Crippen molar-refractivity contribution in [2.45, 2.75) is 20.4 Å². The number of nitrogens with zero attached hydrogens (tertiary/aromatic N) is 3. The van der Waals surface area contributed by atoms with Gasteiger partial charge in [0.05, 0.1) is 24.8 Å². The van der Waals surface area contributed by atoms with Gasteiger partial charge in [0.1, 0.15) is 5.82 Å². The van der Waals surface area contributed by atoms with Crippen LogP contribution in [-0.4, -0.2) is 42.8 Å². The summed E-state index contributed by atoms with van der Waals surface area (Å²) in [6.07, 6.45) is 0. The van der Waals surface area contributed by atoms with Crippen LogP contribution >= 0.6 is 24.0 Å². The molecule has 7 nitrogen and oxygen atoms in total. The van der Waals surface area contributed by atoms with Crippen LogP contribution in [0.4, 0.5) is 5.69 Å². The SMILES string of the molecule is CCOc1ccc(NC(=NC)NCCn2c(C)nc3ccccc32)cc1OC.I. The highest BCUT2D eigenvalue weighted by molar-refractivity contribution is 14.0. The van der Waals surface area contributed by atoms with Gasteiger partial charge in [-0.1, -0.05) is 12.1 Å². The van der Waals surface area contributed by atoms with Crippen molar-refractivity contribution in [3.8, 4) is 11.5 Å². The van der Waals surface area contributed by atoms with Crippen LogP contribution in [0.3, 0.4) is 0 Å². The van der Waals surface area contributed by atoms with Crippen LogP contribution < -0.4 is 20.1 Å². The Morgan fingerprint density at radius 2 is 1.97 bits per heavy atom. The summed E-state index contributed by atoms with van der Waals surface area (Å²) < 4.78 is 13.2. The minimum absolute atomic E-state index is 0. The molecule has 0 amide bonds. The molecule has 2 aromatic carbocycles. The van der Waals surface area contributed by atoms with Crippen molar-refractivity contribution < 1.29 is 9.47 Å². The van der Waals surface area contributed by atoms with E-state index in [4.69, 9.17) is 9.47 Å². The predicted molar refractivity (Wildman–Crippen MR) is 129 cm³/mol. The topological polar surface area (TPSA) is 72.7 Å². The lowest BCUT2D eigenvalue weighted by Gasteiger charge is -2.15. The molecular formula is C21H28IN5O2. The van der Waals surface area contributed by atoms with Gasteiger partial charge in [-0.05, 0) is 38.1 Å². The number of halogens is 1. The number of anilines is 1. The molecule has 3 rings (SSSR count). The number of imidazole rings is 1. The van der Waals surface area contributed by atoms with E-state index in [1.165, 1.54) is 0 Å². The normalized spacial score (nSPS) is 11.1. The smallest absolute Gasteiger partial charge is 0.195 e. The maximum atomic E-state index is 5.56. The first-order valence-corrected chi connectivity index (χ1v) is 9.36. The van der Waals surface area contributed by atoms with E-state index in [9.17, 15) is 0 Å². The average molecular weight is 509 g/mol. The van der Waals surface area contributed by atoms with E-state index in [-0.39, 0.29) is 24.0 Å². The van der Waals surface area contributed by atoms with Crippen LogP contribution in [-0.2, 0) is 6.54 Å². The number of aromatic nitrogens is 2. The number of benzene rings is 2. The van der Waals surface area contributed by atoms with Gasteiger partial charge in [0, 0.05) is 31.9 Å². The van der Waals surface area contributed by atoms with Crippen LogP contribution in [0.5, 0.6) is 11.5 Å². The summed E-state index contributed by atoms with van der Waals surface area (Å²) in [6, 6.07) is 13.9. The number of para-hydroxylation sites is 2. The van der Waals surface area contributed by atoms with Crippen molar-refractivity contribution >= 4 is 46.7 Å². The highest BCUT2D eigenvalue weighted by atomic mass is 127. The summed E-state index contributed by atoms with van der Waals surface area (Å²) >= 11 is 0. The molecule has 0 spiro atoms. The van der Waals surface area contributed by atoms with E-state index in [2.05, 4.69) is 31.2 Å². The number of nitrogens with one attached hydrogen (secondary N) is 2. The van der Waals surface area contributed by atoms with E-state index < -0.39 is 0 Å². The summed E-state index contributed by atoms with van der Waals surface area (Å²) in [6.45, 7) is 6.07. The molecule has 0 radical (unpaired) electrons. The van der Waals surface area contributed by atoms with Gasteiger partial charge in [-0.25, -0.2) is 4.98 Å². The number of hydrogen-bond donors (Lipinski definition) is 2. The quantitative estimate of drug-likeness (QED) is 0.286. The molecule has 29 heavy (non-hydrogen) atoms. The van der Waals surface area contributed by atoms with Gasteiger partial charge >= 0.3 is 0 Å². The van der Waals surface area contributed by atoms with E-state index in [1.807, 2.05) is 50.2 Å². The molecule has 1 heterocycles. The second-order valence-corrected chi connectivity index (χ2v) is 6.22. The van der Waals surface area contributed by atoms with Gasteiger partial charge in [-0.2, -0.15) is 0 Å². The molecule has 0 saturated heterocycles. The van der Waals surface area contributed by atoms with Crippen molar-refractivity contribution in [3.05, 3.63) is 48.3 Å². The molecule has 0 saturated carbocycles. The first-order valence-electron chi connectivity index (χ1n) is 9.36. The zero-order valence-electron chi connectivity index (χ0n) is 17.2. The van der Waals surface area contributed by atoms with Gasteiger partial charge in [0.25, 0.3) is 0 Å². The number of ether oxygens (including phenoxy) is 2. The molecule has 0 fully saturated rings. The molecule has 0 unspecified atom stereocenters. The van der Waals surface area contributed by atoms with Crippen LogP contribution in [0.25, 0.3) is 11.0 Å². The maximum absolute atomic E-state index is 5.56. The zero-order valence-corrected chi connectivity index (χ0v) is 19.6. The van der Waals surface area contributed by atoms with Crippen molar-refractivity contribution in [2.75, 3.05) is 32.6 Å². The van der Waals surface area contributed by atoms with E-state index in [0.29, 0.717) is 18.3 Å². The Kier molecular flexibility index (Phi) is 8.56.